The molecule has 0 fully saturated rings. The lowest BCUT2D eigenvalue weighted by Gasteiger charge is -2.02. The van der Waals surface area contributed by atoms with Gasteiger partial charge in [-0.25, -0.2) is 0 Å². The molecule has 0 aliphatic rings. The summed E-state index contributed by atoms with van der Waals surface area (Å²) in [5, 5.41) is 9.70. The van der Waals surface area contributed by atoms with Crippen LogP contribution in [0, 0.1) is 17.2 Å². The summed E-state index contributed by atoms with van der Waals surface area (Å²) in [6.07, 6.45) is 2.28. The molecule has 2 aromatic rings. The number of hydrogen-bond acceptors (Lipinski definition) is 2. The molecule has 0 amide bonds. The highest BCUT2D eigenvalue weighted by atomic mass is 16.1. The molecule has 17 heavy (non-hydrogen) atoms. The third-order valence-electron chi connectivity index (χ3n) is 2.70. The molecule has 0 spiro atoms. The van der Waals surface area contributed by atoms with E-state index in [0.29, 0.717) is 17.9 Å². The molecule has 0 radical (unpaired) electrons. The van der Waals surface area contributed by atoms with Crippen molar-refractivity contribution in [1.82, 2.24) is 4.98 Å². The number of nitrogens with zero attached hydrogens (tertiary/aromatic N) is 1. The van der Waals surface area contributed by atoms with E-state index in [-0.39, 0.29) is 5.78 Å². The second-order valence-electron chi connectivity index (χ2n) is 4.60. The van der Waals surface area contributed by atoms with Crippen molar-refractivity contribution in [1.29, 1.82) is 5.26 Å². The second kappa shape index (κ2) is 4.42. The second-order valence-corrected chi connectivity index (χ2v) is 4.60. The van der Waals surface area contributed by atoms with Gasteiger partial charge in [-0.05, 0) is 18.1 Å². The van der Waals surface area contributed by atoms with Crippen molar-refractivity contribution in [2.45, 2.75) is 20.3 Å². The molecule has 0 bridgehead atoms. The van der Waals surface area contributed by atoms with Crippen molar-refractivity contribution in [2.24, 2.45) is 5.92 Å². The Labute approximate surface area is 100 Å². The minimum Gasteiger partial charge on any atom is -0.360 e. The van der Waals surface area contributed by atoms with Gasteiger partial charge in [0.15, 0.2) is 5.78 Å². The molecular formula is C14H14N2O. The highest BCUT2D eigenvalue weighted by molar-refractivity contribution is 6.08. The van der Waals surface area contributed by atoms with E-state index < -0.39 is 0 Å². The summed E-state index contributed by atoms with van der Waals surface area (Å²) in [5.41, 5.74) is 2.16. The summed E-state index contributed by atoms with van der Waals surface area (Å²) < 4.78 is 0. The van der Waals surface area contributed by atoms with Crippen LogP contribution in [0.4, 0.5) is 0 Å². The minimum atomic E-state index is 0.149. The van der Waals surface area contributed by atoms with E-state index >= 15 is 0 Å². The summed E-state index contributed by atoms with van der Waals surface area (Å²) in [6, 6.07) is 7.42. The molecule has 0 saturated heterocycles. The molecule has 86 valence electrons. The van der Waals surface area contributed by atoms with Gasteiger partial charge in [-0.15, -0.1) is 0 Å². The molecule has 1 aromatic heterocycles. The maximum Gasteiger partial charge on any atom is 0.165 e. The number of rotatable bonds is 3. The average Bonchev–Trinajstić information content (AvgIpc) is 2.70. The van der Waals surface area contributed by atoms with E-state index in [0.717, 1.165) is 16.5 Å². The Balaban J connectivity index is 2.44. The van der Waals surface area contributed by atoms with E-state index in [1.807, 2.05) is 19.9 Å². The molecule has 1 heterocycles. The molecule has 3 nitrogen and oxygen atoms in total. The van der Waals surface area contributed by atoms with Crippen LogP contribution in [0.25, 0.3) is 10.9 Å². The first-order valence-electron chi connectivity index (χ1n) is 5.66. The highest BCUT2D eigenvalue weighted by Gasteiger charge is 2.13. The predicted molar refractivity (Wildman–Crippen MR) is 66.8 cm³/mol. The number of Topliss-reactive ketones (excluding diaryl/α,β-unsaturated/α-hetero) is 1. The minimum absolute atomic E-state index is 0.149. The molecule has 0 aliphatic heterocycles. The molecule has 0 aliphatic carbocycles. The van der Waals surface area contributed by atoms with Crippen molar-refractivity contribution in [3.63, 3.8) is 0 Å². The van der Waals surface area contributed by atoms with Gasteiger partial charge in [-0.3, -0.25) is 4.79 Å². The number of carbonyl (C=O) groups excluding carboxylic acids is 1. The molecule has 1 N–H and O–H groups in total. The first-order chi connectivity index (χ1) is 8.11. The summed E-state index contributed by atoms with van der Waals surface area (Å²) in [7, 11) is 0. The van der Waals surface area contributed by atoms with Crippen LogP contribution in [0.1, 0.15) is 36.2 Å². The largest absolute Gasteiger partial charge is 0.360 e. The molecule has 0 atom stereocenters. The standard InChI is InChI=1S/C14H14N2O/c1-9(2)5-14(17)12-8-16-13-6-10(7-15)3-4-11(12)13/h3-4,6,8-9,16H,5H2,1-2H3. The molecular weight excluding hydrogens is 212 g/mol. The lowest BCUT2D eigenvalue weighted by molar-refractivity contribution is 0.0969. The number of nitriles is 1. The van der Waals surface area contributed by atoms with E-state index in [2.05, 4.69) is 11.1 Å². The van der Waals surface area contributed by atoms with Gasteiger partial charge < -0.3 is 4.98 Å². The number of carbonyl (C=O) groups is 1. The zero-order chi connectivity index (χ0) is 12.4. The monoisotopic (exact) mass is 226 g/mol. The van der Waals surface area contributed by atoms with Gasteiger partial charge in [0, 0.05) is 29.1 Å². The van der Waals surface area contributed by atoms with Crippen LogP contribution >= 0.6 is 0 Å². The van der Waals surface area contributed by atoms with Crippen LogP contribution in [0.3, 0.4) is 0 Å². The van der Waals surface area contributed by atoms with Crippen LogP contribution < -0.4 is 0 Å². The predicted octanol–water partition coefficient (Wildman–Crippen LogP) is 3.27. The van der Waals surface area contributed by atoms with Gasteiger partial charge >= 0.3 is 0 Å². The molecule has 3 heteroatoms. The Morgan fingerprint density at radius 2 is 2.24 bits per heavy atom. The normalized spacial score (nSPS) is 10.7. The maximum absolute atomic E-state index is 12.0. The molecule has 2 rings (SSSR count). The Morgan fingerprint density at radius 3 is 2.88 bits per heavy atom. The Morgan fingerprint density at radius 1 is 1.47 bits per heavy atom. The van der Waals surface area contributed by atoms with Gasteiger partial charge in [-0.1, -0.05) is 19.9 Å². The van der Waals surface area contributed by atoms with Crippen LogP contribution in [0.15, 0.2) is 24.4 Å². The summed E-state index contributed by atoms with van der Waals surface area (Å²) in [5.74, 6) is 0.502. The van der Waals surface area contributed by atoms with Gasteiger partial charge in [-0.2, -0.15) is 5.26 Å². The first kappa shape index (κ1) is 11.4. The van der Waals surface area contributed by atoms with Crippen molar-refractivity contribution in [3.8, 4) is 6.07 Å². The molecule has 0 saturated carbocycles. The smallest absolute Gasteiger partial charge is 0.165 e. The fourth-order valence-corrected chi connectivity index (χ4v) is 1.91. The zero-order valence-electron chi connectivity index (χ0n) is 9.95. The number of fused-ring (bicyclic) bond motifs is 1. The van der Waals surface area contributed by atoms with Crippen molar-refractivity contribution in [2.75, 3.05) is 0 Å². The number of ketones is 1. The van der Waals surface area contributed by atoms with Crippen LogP contribution in [0.5, 0.6) is 0 Å². The number of hydrogen-bond donors (Lipinski definition) is 1. The third-order valence-corrected chi connectivity index (χ3v) is 2.70. The summed E-state index contributed by atoms with van der Waals surface area (Å²) in [6.45, 7) is 4.06. The first-order valence-corrected chi connectivity index (χ1v) is 5.66. The van der Waals surface area contributed by atoms with Crippen molar-refractivity contribution < 1.29 is 4.79 Å². The number of aromatic amines is 1. The van der Waals surface area contributed by atoms with Gasteiger partial charge in [0.05, 0.1) is 11.6 Å². The van der Waals surface area contributed by atoms with E-state index in [9.17, 15) is 4.79 Å². The maximum atomic E-state index is 12.0. The Kier molecular flexibility index (Phi) is 2.97. The van der Waals surface area contributed by atoms with Crippen LogP contribution in [-0.2, 0) is 0 Å². The van der Waals surface area contributed by atoms with E-state index in [1.165, 1.54) is 0 Å². The topological polar surface area (TPSA) is 56.6 Å². The lowest BCUT2D eigenvalue weighted by Crippen LogP contribution is -2.02. The fourth-order valence-electron chi connectivity index (χ4n) is 1.91. The Bertz CT molecular complexity index is 602. The highest BCUT2D eigenvalue weighted by Crippen LogP contribution is 2.21. The van der Waals surface area contributed by atoms with Crippen LogP contribution in [-0.4, -0.2) is 10.8 Å². The van der Waals surface area contributed by atoms with Crippen molar-refractivity contribution in [3.05, 3.63) is 35.5 Å². The number of H-pyrrole nitrogens is 1. The van der Waals surface area contributed by atoms with E-state index in [1.54, 1.807) is 18.3 Å². The van der Waals surface area contributed by atoms with Crippen molar-refractivity contribution >= 4 is 16.7 Å². The zero-order valence-corrected chi connectivity index (χ0v) is 9.95. The van der Waals surface area contributed by atoms with Gasteiger partial charge in [0.2, 0.25) is 0 Å². The molecule has 1 aromatic carbocycles. The third kappa shape index (κ3) is 2.21. The number of benzene rings is 1. The van der Waals surface area contributed by atoms with Gasteiger partial charge in [0.1, 0.15) is 0 Å². The van der Waals surface area contributed by atoms with E-state index in [4.69, 9.17) is 5.26 Å². The molecule has 0 unspecified atom stereocenters. The quantitative estimate of drug-likeness (QED) is 0.816. The van der Waals surface area contributed by atoms with Gasteiger partial charge in [0.25, 0.3) is 0 Å². The summed E-state index contributed by atoms with van der Waals surface area (Å²) >= 11 is 0. The number of nitrogens with one attached hydrogen (secondary N) is 1. The summed E-state index contributed by atoms with van der Waals surface area (Å²) in [4.78, 5) is 15.0. The number of aromatic nitrogens is 1. The average molecular weight is 226 g/mol. The fraction of sp³-hybridized carbons (Fsp3) is 0.286. The van der Waals surface area contributed by atoms with Crippen LogP contribution in [0.2, 0.25) is 0 Å². The Hall–Kier alpha value is -2.08. The lowest BCUT2D eigenvalue weighted by atomic mass is 10.0. The SMILES string of the molecule is CC(C)CC(=O)c1c[nH]c2cc(C#N)ccc12.